The Labute approximate surface area is 129 Å². The molecule has 2 rings (SSSR count). The second-order valence-electron chi connectivity index (χ2n) is 4.69. The summed E-state index contributed by atoms with van der Waals surface area (Å²) in [6, 6.07) is 14.6. The number of methoxy groups -OCH3 is 1. The first-order valence-electron chi connectivity index (χ1n) is 6.60. The Kier molecular flexibility index (Phi) is 5.31. The van der Waals surface area contributed by atoms with Gasteiger partial charge in [-0.25, -0.2) is 8.42 Å². The maximum atomic E-state index is 12.2. The molecule has 0 unspecified atom stereocenters. The first-order valence-corrected chi connectivity index (χ1v) is 9.59. The highest BCUT2D eigenvalue weighted by atomic mass is 33.1. The Morgan fingerprint density at radius 3 is 2.19 bits per heavy atom. The highest BCUT2D eigenvalue weighted by Crippen LogP contribution is 2.24. The van der Waals surface area contributed by atoms with E-state index in [0.717, 1.165) is 27.7 Å². The third kappa shape index (κ3) is 4.51. The Morgan fingerprint density at radius 2 is 1.62 bits per heavy atom. The van der Waals surface area contributed by atoms with E-state index in [1.807, 2.05) is 43.3 Å². The Bertz CT molecular complexity index is 674. The van der Waals surface area contributed by atoms with Crippen LogP contribution < -0.4 is 4.74 Å². The smallest absolute Gasteiger partial charge is 0.230 e. The molecule has 0 saturated carbocycles. The molecular formula is C16H18O3S2. The van der Waals surface area contributed by atoms with Crippen LogP contribution in [-0.4, -0.2) is 21.3 Å². The van der Waals surface area contributed by atoms with Gasteiger partial charge in [-0.3, -0.25) is 0 Å². The van der Waals surface area contributed by atoms with Crippen LogP contribution in [0, 0.1) is 6.92 Å². The first kappa shape index (κ1) is 15.9. The van der Waals surface area contributed by atoms with Crippen molar-refractivity contribution in [1.82, 2.24) is 0 Å². The minimum atomic E-state index is -3.27. The van der Waals surface area contributed by atoms with Gasteiger partial charge in [0.05, 0.1) is 12.0 Å². The molecule has 0 N–H and O–H groups in total. The van der Waals surface area contributed by atoms with Crippen molar-refractivity contribution < 1.29 is 13.2 Å². The molecule has 0 aromatic heterocycles. The van der Waals surface area contributed by atoms with Gasteiger partial charge in [0, 0.05) is 5.75 Å². The van der Waals surface area contributed by atoms with E-state index < -0.39 is 8.87 Å². The van der Waals surface area contributed by atoms with Gasteiger partial charge in [0.25, 0.3) is 0 Å². The third-order valence-electron chi connectivity index (χ3n) is 3.10. The van der Waals surface area contributed by atoms with Crippen molar-refractivity contribution in [3.8, 4) is 5.75 Å². The average Bonchev–Trinajstić information content (AvgIpc) is 2.48. The molecule has 5 heteroatoms. The number of benzene rings is 2. The van der Waals surface area contributed by atoms with Gasteiger partial charge in [-0.2, -0.15) is 0 Å². The lowest BCUT2D eigenvalue weighted by molar-refractivity contribution is 0.414. The zero-order valence-electron chi connectivity index (χ0n) is 12.1. The van der Waals surface area contributed by atoms with Gasteiger partial charge < -0.3 is 4.74 Å². The second kappa shape index (κ2) is 7.00. The van der Waals surface area contributed by atoms with Crippen LogP contribution in [0.25, 0.3) is 0 Å². The molecule has 0 amide bonds. The molecule has 2 aromatic rings. The van der Waals surface area contributed by atoms with E-state index in [-0.39, 0.29) is 0 Å². The quantitative estimate of drug-likeness (QED) is 0.761. The molecule has 0 atom stereocenters. The summed E-state index contributed by atoms with van der Waals surface area (Å²) in [5, 5.41) is 0. The Morgan fingerprint density at radius 1 is 1.00 bits per heavy atom. The highest BCUT2D eigenvalue weighted by molar-refractivity contribution is 8.72. The lowest BCUT2D eigenvalue weighted by Crippen LogP contribution is -1.98. The minimum absolute atomic E-state index is 0.368. The largest absolute Gasteiger partial charge is 0.497 e. The number of hydrogen-bond acceptors (Lipinski definition) is 4. The predicted octanol–water partition coefficient (Wildman–Crippen LogP) is 3.67. The lowest BCUT2D eigenvalue weighted by atomic mass is 10.2. The van der Waals surface area contributed by atoms with Crippen LogP contribution in [0.2, 0.25) is 0 Å². The number of rotatable bonds is 6. The molecule has 21 heavy (non-hydrogen) atoms. The fourth-order valence-electron chi connectivity index (χ4n) is 1.83. The summed E-state index contributed by atoms with van der Waals surface area (Å²) < 4.78 is 29.4. The van der Waals surface area contributed by atoms with Crippen molar-refractivity contribution in [1.29, 1.82) is 0 Å². The summed E-state index contributed by atoms with van der Waals surface area (Å²) in [4.78, 5) is 0.368. The molecule has 0 spiro atoms. The maximum absolute atomic E-state index is 12.2. The fraction of sp³-hybridized carbons (Fsp3) is 0.250. The monoisotopic (exact) mass is 322 g/mol. The number of hydrogen-bond donors (Lipinski definition) is 0. The predicted molar refractivity (Wildman–Crippen MR) is 87.5 cm³/mol. The zero-order valence-corrected chi connectivity index (χ0v) is 13.7. The number of aryl methyl sites for hydroxylation is 2. The van der Waals surface area contributed by atoms with Gasteiger partial charge in [-0.15, -0.1) is 0 Å². The molecule has 112 valence electrons. The molecule has 0 fully saturated rings. The molecule has 0 bridgehead atoms. The van der Waals surface area contributed by atoms with Crippen LogP contribution >= 0.6 is 10.8 Å². The second-order valence-corrected chi connectivity index (χ2v) is 8.73. The lowest BCUT2D eigenvalue weighted by Gasteiger charge is -2.05. The Hall–Kier alpha value is -1.46. The van der Waals surface area contributed by atoms with Crippen LogP contribution in [0.1, 0.15) is 11.1 Å². The van der Waals surface area contributed by atoms with Crippen molar-refractivity contribution in [2.45, 2.75) is 18.2 Å². The fourth-order valence-corrected chi connectivity index (χ4v) is 4.63. The van der Waals surface area contributed by atoms with Gasteiger partial charge in [-0.1, -0.05) is 29.8 Å². The molecule has 0 saturated heterocycles. The summed E-state index contributed by atoms with van der Waals surface area (Å²) in [6.07, 6.45) is 0.708. The van der Waals surface area contributed by atoms with E-state index >= 15 is 0 Å². The molecule has 0 radical (unpaired) electrons. The minimum Gasteiger partial charge on any atom is -0.497 e. The van der Waals surface area contributed by atoms with Gasteiger partial charge in [-0.05, 0) is 54.0 Å². The summed E-state index contributed by atoms with van der Waals surface area (Å²) >= 11 is 0. The molecular weight excluding hydrogens is 304 g/mol. The molecule has 0 heterocycles. The first-order chi connectivity index (χ1) is 10.0. The van der Waals surface area contributed by atoms with Crippen LogP contribution in [0.4, 0.5) is 0 Å². The van der Waals surface area contributed by atoms with E-state index in [9.17, 15) is 8.42 Å². The summed E-state index contributed by atoms with van der Waals surface area (Å²) in [7, 11) is -0.661. The van der Waals surface area contributed by atoms with E-state index in [1.54, 1.807) is 19.2 Å². The molecule has 0 aliphatic carbocycles. The number of ether oxygens (including phenoxy) is 1. The van der Waals surface area contributed by atoms with Crippen LogP contribution in [0.3, 0.4) is 0 Å². The molecule has 2 aromatic carbocycles. The van der Waals surface area contributed by atoms with Crippen molar-refractivity contribution in [3.05, 3.63) is 59.7 Å². The Balaban J connectivity index is 1.93. The normalized spacial score (nSPS) is 11.3. The summed E-state index contributed by atoms with van der Waals surface area (Å²) in [5.74, 6) is 1.33. The van der Waals surface area contributed by atoms with E-state index in [1.165, 1.54) is 0 Å². The van der Waals surface area contributed by atoms with Crippen molar-refractivity contribution in [2.24, 2.45) is 0 Å². The van der Waals surface area contributed by atoms with Gasteiger partial charge >= 0.3 is 0 Å². The van der Waals surface area contributed by atoms with Crippen LogP contribution in [0.5, 0.6) is 5.75 Å². The topological polar surface area (TPSA) is 43.4 Å². The molecule has 3 nitrogen and oxygen atoms in total. The van der Waals surface area contributed by atoms with Crippen molar-refractivity contribution >= 4 is 19.7 Å². The molecule has 0 aliphatic heterocycles. The van der Waals surface area contributed by atoms with Crippen LogP contribution in [0.15, 0.2) is 53.4 Å². The zero-order chi connectivity index (χ0) is 15.3. The van der Waals surface area contributed by atoms with E-state index in [2.05, 4.69) is 0 Å². The SMILES string of the molecule is COc1ccc(CCSS(=O)(=O)c2ccc(C)cc2)cc1. The third-order valence-corrected chi connectivity index (χ3v) is 6.64. The van der Waals surface area contributed by atoms with Crippen molar-refractivity contribution in [3.63, 3.8) is 0 Å². The summed E-state index contributed by atoms with van der Waals surface area (Å²) in [6.45, 7) is 1.94. The van der Waals surface area contributed by atoms with Gasteiger partial charge in [0.2, 0.25) is 8.87 Å². The standard InChI is InChI=1S/C16H18O3S2/c1-13-3-9-16(10-4-13)21(17,18)20-12-11-14-5-7-15(19-2)8-6-14/h3-10H,11-12H2,1-2H3. The van der Waals surface area contributed by atoms with E-state index in [0.29, 0.717) is 17.1 Å². The highest BCUT2D eigenvalue weighted by Gasteiger charge is 2.14. The van der Waals surface area contributed by atoms with Gasteiger partial charge in [0.15, 0.2) is 0 Å². The van der Waals surface area contributed by atoms with Gasteiger partial charge in [0.1, 0.15) is 5.75 Å². The van der Waals surface area contributed by atoms with Crippen LogP contribution in [-0.2, 0) is 15.3 Å². The summed E-state index contributed by atoms with van der Waals surface area (Å²) in [5.41, 5.74) is 2.15. The average molecular weight is 322 g/mol. The maximum Gasteiger partial charge on any atom is 0.230 e. The molecule has 0 aliphatic rings. The van der Waals surface area contributed by atoms with Crippen molar-refractivity contribution in [2.75, 3.05) is 12.9 Å². The van der Waals surface area contributed by atoms with E-state index in [4.69, 9.17) is 4.74 Å².